The molecule has 0 radical (unpaired) electrons. The van der Waals surface area contributed by atoms with Crippen molar-refractivity contribution in [3.63, 3.8) is 0 Å². The minimum absolute atomic E-state index is 0.0320. The van der Waals surface area contributed by atoms with Gasteiger partial charge in [-0.3, -0.25) is 15.0 Å². The molecule has 2 heterocycles. The molecular weight excluding hydrogens is 593 g/mol. The van der Waals surface area contributed by atoms with Gasteiger partial charge in [-0.25, -0.2) is 14.0 Å². The summed E-state index contributed by atoms with van der Waals surface area (Å²) in [6.45, 7) is 0.691. The number of nitrogens with one attached hydrogen (secondary N) is 2. The monoisotopic (exact) mass is 615 g/mol. The largest absolute Gasteiger partial charge is 0.480 e. The van der Waals surface area contributed by atoms with Gasteiger partial charge in [-0.2, -0.15) is 0 Å². The van der Waals surface area contributed by atoms with E-state index in [0.717, 1.165) is 5.39 Å². The molecule has 0 saturated carbocycles. The van der Waals surface area contributed by atoms with Gasteiger partial charge in [0.25, 0.3) is 11.8 Å². The first-order valence-electron chi connectivity index (χ1n) is 12.4. The average molecular weight is 616 g/mol. The number of nitrogens with zero attached hydrogens (tertiary/aromatic N) is 1. The number of carbonyl (C=O) groups is 3. The highest BCUT2D eigenvalue weighted by Crippen LogP contribution is 2.34. The molecule has 3 aromatic carbocycles. The normalized spacial score (nSPS) is 14.7. The Morgan fingerprint density at radius 1 is 1.07 bits per heavy atom. The summed E-state index contributed by atoms with van der Waals surface area (Å²) in [5, 5.41) is 14.9. The summed E-state index contributed by atoms with van der Waals surface area (Å²) in [6.07, 6.45) is 1.82. The molecular formula is C28H23Cl2N3O7S. The summed E-state index contributed by atoms with van der Waals surface area (Å²) >= 11 is 10.9. The van der Waals surface area contributed by atoms with Crippen LogP contribution in [-0.4, -0.2) is 49.2 Å². The molecule has 0 saturated heterocycles. The number of hydrazine groups is 1. The van der Waals surface area contributed by atoms with E-state index in [-0.39, 0.29) is 39.4 Å². The number of rotatable bonds is 8. The van der Waals surface area contributed by atoms with Gasteiger partial charge < -0.3 is 19.4 Å². The average Bonchev–Trinajstić information content (AvgIpc) is 3.40. The summed E-state index contributed by atoms with van der Waals surface area (Å²) in [6, 6.07) is 13.2. The van der Waals surface area contributed by atoms with Gasteiger partial charge in [0.2, 0.25) is 0 Å². The minimum Gasteiger partial charge on any atom is -0.480 e. The third kappa shape index (κ3) is 6.29. The number of aliphatic carboxylic acids is 1. The first-order valence-corrected chi connectivity index (χ1v) is 14.2. The molecule has 4 aromatic rings. The smallest absolute Gasteiger partial charge is 0.326 e. The van der Waals surface area contributed by atoms with E-state index in [2.05, 4.69) is 10.7 Å². The van der Waals surface area contributed by atoms with Crippen molar-refractivity contribution in [1.82, 2.24) is 15.8 Å². The second-order valence-electron chi connectivity index (χ2n) is 9.44. The Balaban J connectivity index is 1.30. The van der Waals surface area contributed by atoms with Crippen LogP contribution in [0.15, 0.2) is 70.2 Å². The Kier molecular flexibility index (Phi) is 8.43. The zero-order valence-corrected chi connectivity index (χ0v) is 23.6. The lowest BCUT2D eigenvalue weighted by molar-refractivity contribution is -0.139. The quantitative estimate of drug-likeness (QED) is 0.212. The van der Waals surface area contributed by atoms with Crippen molar-refractivity contribution in [2.24, 2.45) is 0 Å². The number of halogens is 2. The molecule has 2 atom stereocenters. The lowest BCUT2D eigenvalue weighted by Gasteiger charge is -2.30. The number of fused-ring (bicyclic) bond motifs is 2. The molecule has 4 N–H and O–H groups in total. The number of carboxylic acids is 1. The van der Waals surface area contributed by atoms with E-state index in [9.17, 15) is 28.3 Å². The van der Waals surface area contributed by atoms with E-state index >= 15 is 0 Å². The second kappa shape index (κ2) is 12.0. The highest BCUT2D eigenvalue weighted by molar-refractivity contribution is 7.79. The molecule has 1 aliphatic rings. The van der Waals surface area contributed by atoms with Gasteiger partial charge >= 0.3 is 5.97 Å². The standard InChI is InChI=1S/C28H23Cl2N3O7S/c29-21-12-18-14-33(32-26(34)17-5-4-16-7-9-40-23(16)13-17)8-6-20(18)25(30)24(21)27(35)31-22(28(36)37)11-15-2-1-3-19(10-15)41(38)39/h1-5,7,9-10,12-13,22H,6,8,11,14H2,(H,31,35)(H,32,34)(H,36,37)(H,38,39)/t22-/m0/s1. The predicted molar refractivity (Wildman–Crippen MR) is 152 cm³/mol. The third-order valence-electron chi connectivity index (χ3n) is 6.75. The van der Waals surface area contributed by atoms with Gasteiger partial charge in [0.05, 0.1) is 26.8 Å². The molecule has 1 unspecified atom stereocenters. The third-order valence-corrected chi connectivity index (χ3v) is 8.13. The van der Waals surface area contributed by atoms with E-state index in [1.54, 1.807) is 41.6 Å². The van der Waals surface area contributed by atoms with Gasteiger partial charge in [-0.05, 0) is 59.5 Å². The van der Waals surface area contributed by atoms with Gasteiger partial charge in [0, 0.05) is 30.5 Å². The van der Waals surface area contributed by atoms with E-state index < -0.39 is 29.0 Å². The Bertz CT molecular complexity index is 1710. The fourth-order valence-corrected chi connectivity index (χ4v) is 5.92. The lowest BCUT2D eigenvalue weighted by Crippen LogP contribution is -2.45. The molecule has 0 spiro atoms. The number of carboxylic acid groups (broad SMARTS) is 1. The van der Waals surface area contributed by atoms with Crippen molar-refractivity contribution < 1.29 is 32.7 Å². The summed E-state index contributed by atoms with van der Waals surface area (Å²) in [7, 11) is 0. The van der Waals surface area contributed by atoms with Crippen LogP contribution in [0.4, 0.5) is 0 Å². The van der Waals surface area contributed by atoms with Gasteiger partial charge in [0.1, 0.15) is 11.6 Å². The topological polar surface area (TPSA) is 149 Å². The van der Waals surface area contributed by atoms with Gasteiger partial charge in [-0.15, -0.1) is 0 Å². The SMILES string of the molecule is O=C(NN1CCc2c(cc(Cl)c(C(=O)N[C@@H](Cc3cccc(S(=O)O)c3)C(=O)O)c2Cl)C1)c1ccc2ccoc2c1. The molecule has 1 aromatic heterocycles. The Morgan fingerprint density at radius 3 is 2.63 bits per heavy atom. The van der Waals surface area contributed by atoms with Gasteiger partial charge in [0.15, 0.2) is 11.1 Å². The molecule has 1 aliphatic heterocycles. The van der Waals surface area contributed by atoms with Crippen LogP contribution >= 0.6 is 23.2 Å². The molecule has 212 valence electrons. The maximum atomic E-state index is 13.2. The number of furan rings is 1. The Labute approximate surface area is 246 Å². The van der Waals surface area contributed by atoms with Crippen molar-refractivity contribution >= 4 is 63.0 Å². The van der Waals surface area contributed by atoms with Crippen molar-refractivity contribution in [1.29, 1.82) is 0 Å². The van der Waals surface area contributed by atoms with Crippen LogP contribution in [0.2, 0.25) is 10.0 Å². The molecule has 13 heteroatoms. The number of carbonyl (C=O) groups excluding carboxylic acids is 2. The Hall–Kier alpha value is -3.74. The van der Waals surface area contributed by atoms with Crippen LogP contribution in [0.25, 0.3) is 11.0 Å². The van der Waals surface area contributed by atoms with Crippen LogP contribution in [0, 0.1) is 0 Å². The molecule has 0 bridgehead atoms. The summed E-state index contributed by atoms with van der Waals surface area (Å²) < 4.78 is 26.1. The molecule has 10 nitrogen and oxygen atoms in total. The van der Waals surface area contributed by atoms with Crippen molar-refractivity contribution in [2.45, 2.75) is 30.3 Å². The maximum Gasteiger partial charge on any atom is 0.326 e. The zero-order chi connectivity index (χ0) is 29.3. The van der Waals surface area contributed by atoms with E-state index in [1.165, 1.54) is 18.2 Å². The molecule has 2 amide bonds. The summed E-state index contributed by atoms with van der Waals surface area (Å²) in [5.74, 6) is -2.37. The highest BCUT2D eigenvalue weighted by Gasteiger charge is 2.29. The van der Waals surface area contributed by atoms with Gasteiger partial charge in [-0.1, -0.05) is 41.4 Å². The number of benzene rings is 3. The molecule has 41 heavy (non-hydrogen) atoms. The first kappa shape index (κ1) is 28.8. The van der Waals surface area contributed by atoms with E-state index in [4.69, 9.17) is 27.6 Å². The van der Waals surface area contributed by atoms with Crippen LogP contribution in [0.5, 0.6) is 0 Å². The highest BCUT2D eigenvalue weighted by atomic mass is 35.5. The summed E-state index contributed by atoms with van der Waals surface area (Å²) in [5.41, 5.74) is 5.70. The second-order valence-corrected chi connectivity index (χ2v) is 11.2. The number of hydrogen-bond donors (Lipinski definition) is 4. The molecule has 5 rings (SSSR count). The minimum atomic E-state index is -2.23. The molecule has 0 fully saturated rings. The predicted octanol–water partition coefficient (Wildman–Crippen LogP) is 4.45. The van der Waals surface area contributed by atoms with Crippen LogP contribution in [0.1, 0.15) is 37.4 Å². The fourth-order valence-electron chi connectivity index (χ4n) is 4.71. The van der Waals surface area contributed by atoms with Crippen LogP contribution in [-0.2, 0) is 35.3 Å². The van der Waals surface area contributed by atoms with Crippen molar-refractivity contribution in [3.8, 4) is 0 Å². The molecule has 0 aliphatic carbocycles. The van der Waals surface area contributed by atoms with E-state index in [1.807, 2.05) is 6.07 Å². The van der Waals surface area contributed by atoms with Crippen LogP contribution < -0.4 is 10.7 Å². The maximum absolute atomic E-state index is 13.2. The Morgan fingerprint density at radius 2 is 1.88 bits per heavy atom. The van der Waals surface area contributed by atoms with Crippen molar-refractivity contribution in [3.05, 3.63) is 98.7 Å². The number of amides is 2. The fraction of sp³-hybridized carbons (Fsp3) is 0.179. The van der Waals surface area contributed by atoms with Crippen molar-refractivity contribution in [2.75, 3.05) is 6.54 Å². The van der Waals surface area contributed by atoms with E-state index in [0.29, 0.717) is 40.8 Å². The first-order chi connectivity index (χ1) is 19.6. The van der Waals surface area contributed by atoms with Crippen LogP contribution in [0.3, 0.4) is 0 Å². The zero-order valence-electron chi connectivity index (χ0n) is 21.2. The number of hydrogen-bond acceptors (Lipinski definition) is 6. The lowest BCUT2D eigenvalue weighted by atomic mass is 9.97. The summed E-state index contributed by atoms with van der Waals surface area (Å²) in [4.78, 5) is 38.1.